The van der Waals surface area contributed by atoms with Crippen LogP contribution in [0.2, 0.25) is 0 Å². The normalized spacial score (nSPS) is 19.3. The van der Waals surface area contributed by atoms with E-state index in [0.717, 1.165) is 0 Å². The Bertz CT molecular complexity index is 897. The minimum Gasteiger partial charge on any atom is -0.504 e. The van der Waals surface area contributed by atoms with Crippen molar-refractivity contribution in [2.75, 3.05) is 27.3 Å². The van der Waals surface area contributed by atoms with Crippen molar-refractivity contribution >= 4 is 11.9 Å². The number of hydrogen-bond donors (Lipinski definition) is 1. The third kappa shape index (κ3) is 3.25. The summed E-state index contributed by atoms with van der Waals surface area (Å²) in [5.74, 6) is -1.79. The van der Waals surface area contributed by atoms with E-state index in [1.807, 2.05) is 0 Å². The molecule has 144 valence electrons. The van der Waals surface area contributed by atoms with Crippen LogP contribution in [0.15, 0.2) is 24.4 Å². The second-order valence-corrected chi connectivity index (χ2v) is 6.41. The molecule has 0 saturated carbocycles. The van der Waals surface area contributed by atoms with Crippen LogP contribution < -0.4 is 0 Å². The number of nitrogens with zero attached hydrogens (tertiary/aromatic N) is 3. The summed E-state index contributed by atoms with van der Waals surface area (Å²) in [6.45, 7) is 1.95. The SMILES string of the molecule is COC(=O)C1(OC)CCN(C(=O)c2nn(-c3ccc(F)cc3C)cc2O)C1. The maximum Gasteiger partial charge on any atom is 0.340 e. The van der Waals surface area contributed by atoms with Crippen molar-refractivity contribution in [3.63, 3.8) is 0 Å². The number of hydrogen-bond acceptors (Lipinski definition) is 6. The fraction of sp³-hybridized carbons (Fsp3) is 0.389. The molecule has 0 spiro atoms. The zero-order valence-electron chi connectivity index (χ0n) is 15.2. The van der Waals surface area contributed by atoms with E-state index in [0.29, 0.717) is 11.3 Å². The molecule has 0 bridgehead atoms. The molecule has 8 nitrogen and oxygen atoms in total. The number of aromatic hydroxyl groups is 1. The highest BCUT2D eigenvalue weighted by atomic mass is 19.1. The Labute approximate surface area is 155 Å². The largest absolute Gasteiger partial charge is 0.504 e. The van der Waals surface area contributed by atoms with Crippen LogP contribution in [0.3, 0.4) is 0 Å². The lowest BCUT2D eigenvalue weighted by molar-refractivity contribution is -0.164. The van der Waals surface area contributed by atoms with Gasteiger partial charge >= 0.3 is 5.97 Å². The highest BCUT2D eigenvalue weighted by Gasteiger charge is 2.48. The first-order valence-electron chi connectivity index (χ1n) is 8.29. The van der Waals surface area contributed by atoms with Crippen LogP contribution in [0, 0.1) is 12.7 Å². The molecule has 1 aromatic heterocycles. The quantitative estimate of drug-likeness (QED) is 0.810. The molecule has 1 saturated heterocycles. The number of methoxy groups -OCH3 is 2. The number of carbonyl (C=O) groups excluding carboxylic acids is 2. The number of aromatic nitrogens is 2. The molecule has 3 rings (SSSR count). The minimum absolute atomic E-state index is 0.00309. The van der Waals surface area contributed by atoms with Gasteiger partial charge in [0, 0.05) is 20.1 Å². The number of carbonyl (C=O) groups is 2. The minimum atomic E-state index is -1.23. The van der Waals surface area contributed by atoms with Crippen molar-refractivity contribution in [1.29, 1.82) is 0 Å². The smallest absolute Gasteiger partial charge is 0.340 e. The van der Waals surface area contributed by atoms with Gasteiger partial charge in [0.25, 0.3) is 5.91 Å². The van der Waals surface area contributed by atoms with Gasteiger partial charge in [-0.3, -0.25) is 4.79 Å². The summed E-state index contributed by atoms with van der Waals surface area (Å²) in [7, 11) is 2.64. The topological polar surface area (TPSA) is 93.9 Å². The number of aryl methyl sites for hydroxylation is 1. The Hall–Kier alpha value is -2.94. The van der Waals surface area contributed by atoms with Gasteiger partial charge in [0.15, 0.2) is 17.0 Å². The number of amides is 1. The molecule has 0 radical (unpaired) electrons. The van der Waals surface area contributed by atoms with Crippen LogP contribution in [-0.4, -0.2) is 64.6 Å². The molecule has 2 aromatic rings. The summed E-state index contributed by atoms with van der Waals surface area (Å²) in [4.78, 5) is 26.2. The lowest BCUT2D eigenvalue weighted by Gasteiger charge is -2.24. The fourth-order valence-electron chi connectivity index (χ4n) is 3.22. The van der Waals surface area contributed by atoms with Crippen molar-refractivity contribution in [3.05, 3.63) is 41.5 Å². The maximum absolute atomic E-state index is 13.3. The molecule has 1 aliphatic heterocycles. The van der Waals surface area contributed by atoms with Gasteiger partial charge < -0.3 is 19.5 Å². The molecule has 1 fully saturated rings. The van der Waals surface area contributed by atoms with E-state index in [-0.39, 0.29) is 36.8 Å². The highest BCUT2D eigenvalue weighted by molar-refractivity contribution is 5.96. The monoisotopic (exact) mass is 377 g/mol. The van der Waals surface area contributed by atoms with Gasteiger partial charge in [0.2, 0.25) is 0 Å². The summed E-state index contributed by atoms with van der Waals surface area (Å²) in [6.07, 6.45) is 1.56. The number of rotatable bonds is 4. The predicted molar refractivity (Wildman–Crippen MR) is 92.2 cm³/mol. The number of ether oxygens (including phenoxy) is 2. The average Bonchev–Trinajstić information content (AvgIpc) is 3.25. The van der Waals surface area contributed by atoms with Crippen molar-refractivity contribution in [1.82, 2.24) is 14.7 Å². The average molecular weight is 377 g/mol. The van der Waals surface area contributed by atoms with Crippen LogP contribution in [0.4, 0.5) is 4.39 Å². The van der Waals surface area contributed by atoms with Crippen LogP contribution >= 0.6 is 0 Å². The van der Waals surface area contributed by atoms with E-state index in [1.165, 1.54) is 48.2 Å². The first kappa shape index (κ1) is 18.8. The Kier molecular flexibility index (Phi) is 4.88. The predicted octanol–water partition coefficient (Wildman–Crippen LogP) is 1.43. The van der Waals surface area contributed by atoms with Gasteiger partial charge in [-0.05, 0) is 30.7 Å². The van der Waals surface area contributed by atoms with E-state index >= 15 is 0 Å². The number of likely N-dealkylation sites (tertiary alicyclic amines) is 1. The second kappa shape index (κ2) is 6.99. The maximum atomic E-state index is 13.3. The summed E-state index contributed by atoms with van der Waals surface area (Å²) >= 11 is 0. The molecule has 2 heterocycles. The van der Waals surface area contributed by atoms with Crippen LogP contribution in [0.5, 0.6) is 5.75 Å². The van der Waals surface area contributed by atoms with Crippen LogP contribution in [0.25, 0.3) is 5.69 Å². The molecule has 1 N–H and O–H groups in total. The van der Waals surface area contributed by atoms with Crippen LogP contribution in [-0.2, 0) is 14.3 Å². The summed E-state index contributed by atoms with van der Waals surface area (Å²) in [5, 5.41) is 14.3. The highest BCUT2D eigenvalue weighted by Crippen LogP contribution is 2.29. The Morgan fingerprint density at radius 1 is 1.33 bits per heavy atom. The first-order valence-corrected chi connectivity index (χ1v) is 8.29. The summed E-state index contributed by atoms with van der Waals surface area (Å²) in [5.41, 5.74) is -0.249. The van der Waals surface area contributed by atoms with Gasteiger partial charge in [-0.25, -0.2) is 13.9 Å². The van der Waals surface area contributed by atoms with E-state index in [2.05, 4.69) is 5.10 Å². The van der Waals surface area contributed by atoms with Gasteiger partial charge in [-0.1, -0.05) is 0 Å². The van der Waals surface area contributed by atoms with Crippen molar-refractivity contribution < 1.29 is 28.6 Å². The second-order valence-electron chi connectivity index (χ2n) is 6.41. The van der Waals surface area contributed by atoms with Gasteiger partial charge in [0.1, 0.15) is 5.82 Å². The third-order valence-corrected chi connectivity index (χ3v) is 4.77. The van der Waals surface area contributed by atoms with E-state index in [4.69, 9.17) is 9.47 Å². The zero-order valence-corrected chi connectivity index (χ0v) is 15.2. The zero-order chi connectivity index (χ0) is 19.8. The first-order chi connectivity index (χ1) is 12.8. The molecule has 1 aromatic carbocycles. The van der Waals surface area contributed by atoms with Crippen LogP contribution in [0.1, 0.15) is 22.5 Å². The van der Waals surface area contributed by atoms with Crippen molar-refractivity contribution in [2.24, 2.45) is 0 Å². The van der Waals surface area contributed by atoms with E-state index in [1.54, 1.807) is 6.92 Å². The molecular formula is C18H20FN3O5. The van der Waals surface area contributed by atoms with Gasteiger partial charge in [-0.15, -0.1) is 0 Å². The summed E-state index contributed by atoms with van der Waals surface area (Å²) < 4.78 is 24.7. The number of esters is 1. The number of halogens is 1. The molecule has 1 atom stereocenters. The number of benzene rings is 1. The molecular weight excluding hydrogens is 357 g/mol. The Morgan fingerprint density at radius 3 is 2.70 bits per heavy atom. The summed E-state index contributed by atoms with van der Waals surface area (Å²) in [6, 6.07) is 4.11. The standard InChI is InChI=1S/C18H20FN3O5/c1-11-8-12(19)4-5-13(11)22-9-14(23)15(20-22)16(24)21-7-6-18(10-21,27-3)17(25)26-2/h4-5,8-9,23H,6-7,10H2,1-3H3. The Balaban J connectivity index is 1.86. The van der Waals surface area contributed by atoms with Gasteiger partial charge in [-0.2, -0.15) is 5.10 Å². The molecule has 1 amide bonds. The molecule has 1 aliphatic rings. The fourth-order valence-corrected chi connectivity index (χ4v) is 3.22. The third-order valence-electron chi connectivity index (χ3n) is 4.77. The van der Waals surface area contributed by atoms with E-state index in [9.17, 15) is 19.1 Å². The molecule has 0 aliphatic carbocycles. The van der Waals surface area contributed by atoms with Crippen molar-refractivity contribution in [2.45, 2.75) is 18.9 Å². The lowest BCUT2D eigenvalue weighted by Crippen LogP contribution is -2.45. The van der Waals surface area contributed by atoms with E-state index < -0.39 is 17.5 Å². The molecule has 1 unspecified atom stereocenters. The molecule has 27 heavy (non-hydrogen) atoms. The lowest BCUT2D eigenvalue weighted by atomic mass is 10.0. The Morgan fingerprint density at radius 2 is 2.07 bits per heavy atom. The molecule has 9 heteroatoms. The van der Waals surface area contributed by atoms with Gasteiger partial charge in [0.05, 0.1) is 25.5 Å². The van der Waals surface area contributed by atoms with Crippen molar-refractivity contribution in [3.8, 4) is 11.4 Å².